The molecule has 0 spiro atoms. The summed E-state index contributed by atoms with van der Waals surface area (Å²) in [5, 5.41) is 4.79. The number of amides is 2. The molecule has 1 fully saturated rings. The number of benzene rings is 2. The van der Waals surface area contributed by atoms with Crippen LogP contribution >= 0.6 is 15.9 Å². The molecule has 0 bridgehead atoms. The summed E-state index contributed by atoms with van der Waals surface area (Å²) in [6.07, 6.45) is 1.48. The van der Waals surface area contributed by atoms with E-state index in [9.17, 15) is 9.59 Å². The number of carbonyl (C=O) groups excluding carboxylic acids is 2. The van der Waals surface area contributed by atoms with Crippen molar-refractivity contribution in [1.29, 1.82) is 0 Å². The molecule has 0 aliphatic carbocycles. The van der Waals surface area contributed by atoms with E-state index in [2.05, 4.69) is 21.1 Å². The van der Waals surface area contributed by atoms with Crippen LogP contribution in [-0.4, -0.2) is 46.6 Å². The zero-order valence-corrected chi connectivity index (χ0v) is 18.9. The molecule has 32 heavy (non-hydrogen) atoms. The van der Waals surface area contributed by atoms with Crippen molar-refractivity contribution in [3.8, 4) is 5.75 Å². The molecule has 3 aromatic rings. The molecular formula is C24H23BrN2O5. The molecule has 8 heteroatoms. The highest BCUT2D eigenvalue weighted by Crippen LogP contribution is 2.30. The molecule has 166 valence electrons. The molecule has 2 atom stereocenters. The second-order valence-electron chi connectivity index (χ2n) is 7.47. The molecule has 2 heterocycles. The summed E-state index contributed by atoms with van der Waals surface area (Å²) in [5.74, 6) is 0.0720. The predicted molar refractivity (Wildman–Crippen MR) is 121 cm³/mol. The fourth-order valence-electron chi connectivity index (χ4n) is 3.82. The van der Waals surface area contributed by atoms with Gasteiger partial charge in [0.15, 0.2) is 0 Å². The molecule has 0 radical (unpaired) electrons. The topological polar surface area (TPSA) is 81.9 Å². The average molecular weight is 499 g/mol. The van der Waals surface area contributed by atoms with Crippen molar-refractivity contribution in [2.45, 2.75) is 24.8 Å². The van der Waals surface area contributed by atoms with Gasteiger partial charge in [-0.05, 0) is 29.7 Å². The maximum Gasteiger partial charge on any atom is 0.416 e. The first-order valence-electron chi connectivity index (χ1n) is 10.4. The third kappa shape index (κ3) is 5.19. The number of carbonyl (C=O) groups is 2. The number of hydrogen-bond acceptors (Lipinski definition) is 6. The van der Waals surface area contributed by atoms with Crippen molar-refractivity contribution >= 4 is 27.9 Å². The van der Waals surface area contributed by atoms with Crippen LogP contribution in [0.4, 0.5) is 4.79 Å². The van der Waals surface area contributed by atoms with Crippen LogP contribution in [0.5, 0.6) is 5.75 Å². The number of rotatable bonds is 9. The van der Waals surface area contributed by atoms with E-state index in [-0.39, 0.29) is 30.9 Å². The van der Waals surface area contributed by atoms with E-state index in [0.29, 0.717) is 18.7 Å². The SMILES string of the molecule is O=C(C[C@@H](c1ccc(OCCBr)cc1)c1ccon1)N1C(=O)OC[C@@H]1Cc1ccccc1. The van der Waals surface area contributed by atoms with E-state index in [1.165, 1.54) is 11.2 Å². The Bertz CT molecular complexity index is 1020. The van der Waals surface area contributed by atoms with Crippen molar-refractivity contribution in [2.24, 2.45) is 0 Å². The van der Waals surface area contributed by atoms with Crippen molar-refractivity contribution in [2.75, 3.05) is 18.5 Å². The largest absolute Gasteiger partial charge is 0.493 e. The van der Waals surface area contributed by atoms with Gasteiger partial charge < -0.3 is 14.0 Å². The molecule has 1 aliphatic heterocycles. The van der Waals surface area contributed by atoms with Crippen molar-refractivity contribution < 1.29 is 23.6 Å². The van der Waals surface area contributed by atoms with Crippen LogP contribution in [0.2, 0.25) is 0 Å². The summed E-state index contributed by atoms with van der Waals surface area (Å²) in [6, 6.07) is 18.7. The lowest BCUT2D eigenvalue weighted by Crippen LogP contribution is -2.40. The molecule has 0 N–H and O–H groups in total. The lowest BCUT2D eigenvalue weighted by molar-refractivity contribution is -0.129. The van der Waals surface area contributed by atoms with Gasteiger partial charge in [0.25, 0.3) is 0 Å². The molecule has 1 saturated heterocycles. The summed E-state index contributed by atoms with van der Waals surface area (Å²) in [7, 11) is 0. The highest BCUT2D eigenvalue weighted by molar-refractivity contribution is 9.09. The Morgan fingerprint density at radius 3 is 2.62 bits per heavy atom. The van der Waals surface area contributed by atoms with Gasteiger partial charge >= 0.3 is 6.09 Å². The van der Waals surface area contributed by atoms with Crippen LogP contribution in [0.15, 0.2) is 71.4 Å². The van der Waals surface area contributed by atoms with Crippen molar-refractivity contribution in [3.63, 3.8) is 0 Å². The van der Waals surface area contributed by atoms with Gasteiger partial charge in [0, 0.05) is 23.7 Å². The zero-order valence-electron chi connectivity index (χ0n) is 17.4. The second-order valence-corrected chi connectivity index (χ2v) is 8.26. The highest BCUT2D eigenvalue weighted by atomic mass is 79.9. The van der Waals surface area contributed by atoms with Gasteiger partial charge in [-0.15, -0.1) is 0 Å². The van der Waals surface area contributed by atoms with Crippen molar-refractivity contribution in [3.05, 3.63) is 83.7 Å². The lowest BCUT2D eigenvalue weighted by Gasteiger charge is -2.22. The van der Waals surface area contributed by atoms with E-state index >= 15 is 0 Å². The molecule has 2 amide bonds. The Morgan fingerprint density at radius 2 is 1.94 bits per heavy atom. The maximum absolute atomic E-state index is 13.3. The Kier molecular flexibility index (Phi) is 7.21. The summed E-state index contributed by atoms with van der Waals surface area (Å²) >= 11 is 3.34. The number of aromatic nitrogens is 1. The van der Waals surface area contributed by atoms with Crippen LogP contribution in [0, 0.1) is 0 Å². The van der Waals surface area contributed by atoms with E-state index in [4.69, 9.17) is 14.0 Å². The Labute approximate surface area is 194 Å². The van der Waals surface area contributed by atoms with Gasteiger partial charge in [-0.2, -0.15) is 0 Å². The second kappa shape index (κ2) is 10.5. The minimum atomic E-state index is -0.603. The molecule has 7 nitrogen and oxygen atoms in total. The van der Waals surface area contributed by atoms with Crippen LogP contribution in [0.25, 0.3) is 0 Å². The first kappa shape index (κ1) is 22.1. The first-order valence-corrected chi connectivity index (χ1v) is 11.5. The predicted octanol–water partition coefficient (Wildman–Crippen LogP) is 4.56. The van der Waals surface area contributed by atoms with Gasteiger partial charge in [-0.25, -0.2) is 9.69 Å². The zero-order chi connectivity index (χ0) is 22.3. The van der Waals surface area contributed by atoms with Crippen molar-refractivity contribution in [1.82, 2.24) is 10.1 Å². The maximum atomic E-state index is 13.3. The molecule has 0 unspecified atom stereocenters. The number of nitrogens with zero attached hydrogens (tertiary/aromatic N) is 2. The lowest BCUT2D eigenvalue weighted by atomic mass is 9.91. The van der Waals surface area contributed by atoms with Gasteiger partial charge in [0.2, 0.25) is 5.91 Å². The number of cyclic esters (lactones) is 1. The Morgan fingerprint density at radius 1 is 1.16 bits per heavy atom. The summed E-state index contributed by atoms with van der Waals surface area (Å²) in [4.78, 5) is 26.9. The first-order chi connectivity index (χ1) is 15.7. The third-order valence-electron chi connectivity index (χ3n) is 5.37. The normalized spacial score (nSPS) is 16.6. The van der Waals surface area contributed by atoms with Gasteiger partial charge in [0.1, 0.15) is 18.6 Å². The monoisotopic (exact) mass is 498 g/mol. The fraction of sp³-hybridized carbons (Fsp3) is 0.292. The molecule has 2 aromatic carbocycles. The Hall–Kier alpha value is -3.13. The molecule has 4 rings (SSSR count). The number of ether oxygens (including phenoxy) is 2. The van der Waals surface area contributed by atoms with Gasteiger partial charge in [-0.1, -0.05) is 63.6 Å². The molecule has 1 aliphatic rings. The summed E-state index contributed by atoms with van der Waals surface area (Å²) in [6.45, 7) is 0.748. The fourth-order valence-corrected chi connectivity index (χ4v) is 3.98. The van der Waals surface area contributed by atoms with Gasteiger partial charge in [-0.3, -0.25) is 4.79 Å². The van der Waals surface area contributed by atoms with E-state index in [1.807, 2.05) is 54.6 Å². The molecule has 1 aromatic heterocycles. The molecular weight excluding hydrogens is 476 g/mol. The van der Waals surface area contributed by atoms with Crippen LogP contribution in [-0.2, 0) is 16.0 Å². The number of halogens is 1. The number of imide groups is 1. The minimum absolute atomic E-state index is 0.0640. The standard InChI is InChI=1S/C24H23BrN2O5/c25-11-13-30-20-8-6-18(7-9-20)21(22-10-12-32-26-22)15-23(28)27-19(16-31-24(27)29)14-17-4-2-1-3-5-17/h1-10,12,19,21H,11,13-16H2/t19-,21-/m0/s1. The van der Waals surface area contributed by atoms with Crippen LogP contribution in [0.3, 0.4) is 0 Å². The van der Waals surface area contributed by atoms with E-state index < -0.39 is 6.09 Å². The quantitative estimate of drug-likeness (QED) is 0.402. The average Bonchev–Trinajstić information content (AvgIpc) is 3.47. The number of alkyl halides is 1. The van der Waals surface area contributed by atoms with Crippen LogP contribution < -0.4 is 4.74 Å². The van der Waals surface area contributed by atoms with Crippen LogP contribution in [0.1, 0.15) is 29.2 Å². The third-order valence-corrected chi connectivity index (χ3v) is 5.69. The van der Waals surface area contributed by atoms with E-state index in [1.54, 1.807) is 6.07 Å². The minimum Gasteiger partial charge on any atom is -0.493 e. The molecule has 0 saturated carbocycles. The van der Waals surface area contributed by atoms with Gasteiger partial charge in [0.05, 0.1) is 18.3 Å². The number of hydrogen-bond donors (Lipinski definition) is 0. The Balaban J connectivity index is 1.52. The summed E-state index contributed by atoms with van der Waals surface area (Å²) < 4.78 is 15.9. The highest BCUT2D eigenvalue weighted by Gasteiger charge is 2.39. The smallest absolute Gasteiger partial charge is 0.416 e. The van der Waals surface area contributed by atoms with E-state index in [0.717, 1.165) is 22.2 Å². The summed E-state index contributed by atoms with van der Waals surface area (Å²) in [5.41, 5.74) is 2.55.